The van der Waals surface area contributed by atoms with E-state index in [4.69, 9.17) is 5.73 Å². The van der Waals surface area contributed by atoms with E-state index in [0.717, 1.165) is 16.3 Å². The average molecular weight is 275 g/mol. The number of aryl methyl sites for hydroxylation is 2. The van der Waals surface area contributed by atoms with E-state index in [1.54, 1.807) is 12.1 Å². The number of rotatable bonds is 3. The largest absolute Gasteiger partial charge is 0.393 e. The highest BCUT2D eigenvalue weighted by atomic mass is 32.2. The highest BCUT2D eigenvalue weighted by Crippen LogP contribution is 2.37. The topological polar surface area (TPSA) is 82.0 Å². The van der Waals surface area contributed by atoms with Crippen LogP contribution < -0.4 is 5.73 Å². The Morgan fingerprint density at radius 1 is 1.32 bits per heavy atom. The molecule has 0 saturated carbocycles. The second-order valence-corrected chi connectivity index (χ2v) is 5.24. The predicted octanol–water partition coefficient (Wildman–Crippen LogP) is 3.34. The number of anilines is 1. The Morgan fingerprint density at radius 3 is 2.68 bits per heavy atom. The van der Waals surface area contributed by atoms with E-state index in [2.05, 4.69) is 4.98 Å². The lowest BCUT2D eigenvalue weighted by atomic mass is 10.2. The van der Waals surface area contributed by atoms with Crippen molar-refractivity contribution in [2.24, 2.45) is 0 Å². The van der Waals surface area contributed by atoms with Crippen molar-refractivity contribution in [2.45, 2.75) is 23.8 Å². The molecule has 6 heteroatoms. The van der Waals surface area contributed by atoms with Crippen LogP contribution in [0, 0.1) is 24.0 Å². The zero-order valence-corrected chi connectivity index (χ0v) is 11.4. The summed E-state index contributed by atoms with van der Waals surface area (Å²) in [7, 11) is 0. The molecule has 0 fully saturated rings. The Morgan fingerprint density at radius 2 is 2.05 bits per heavy atom. The zero-order chi connectivity index (χ0) is 14.0. The van der Waals surface area contributed by atoms with Crippen LogP contribution in [0.25, 0.3) is 0 Å². The fourth-order valence-electron chi connectivity index (χ4n) is 1.79. The molecule has 0 aliphatic carbocycles. The fourth-order valence-corrected chi connectivity index (χ4v) is 2.88. The number of nitro benzene ring substituents is 1. The number of nitrogen functional groups attached to an aromatic ring is 1. The molecule has 0 radical (unpaired) electrons. The summed E-state index contributed by atoms with van der Waals surface area (Å²) >= 11 is 1.25. The molecule has 0 bridgehead atoms. The number of benzene rings is 1. The van der Waals surface area contributed by atoms with E-state index in [9.17, 15) is 10.1 Å². The van der Waals surface area contributed by atoms with E-state index >= 15 is 0 Å². The normalized spacial score (nSPS) is 10.4. The molecule has 1 aromatic heterocycles. The summed E-state index contributed by atoms with van der Waals surface area (Å²) in [6.45, 7) is 3.86. The maximum absolute atomic E-state index is 11.1. The highest BCUT2D eigenvalue weighted by Gasteiger charge is 2.19. The monoisotopic (exact) mass is 275 g/mol. The minimum Gasteiger partial charge on any atom is -0.393 e. The number of nitro groups is 1. The first-order valence-corrected chi connectivity index (χ1v) is 6.45. The number of aromatic nitrogens is 1. The van der Waals surface area contributed by atoms with Gasteiger partial charge < -0.3 is 5.73 Å². The SMILES string of the molecule is Cc1cc(C)nc(Sc2cccc(N)c2[N+](=O)[O-])c1. The van der Waals surface area contributed by atoms with Crippen LogP contribution in [-0.4, -0.2) is 9.91 Å². The van der Waals surface area contributed by atoms with Gasteiger partial charge in [0, 0.05) is 5.69 Å². The van der Waals surface area contributed by atoms with Gasteiger partial charge in [-0.1, -0.05) is 17.8 Å². The molecule has 5 nitrogen and oxygen atoms in total. The molecule has 0 amide bonds. The minimum atomic E-state index is -0.458. The molecule has 1 heterocycles. The molecule has 0 unspecified atom stereocenters. The van der Waals surface area contributed by atoms with Gasteiger partial charge in [-0.3, -0.25) is 10.1 Å². The van der Waals surface area contributed by atoms with E-state index in [-0.39, 0.29) is 11.4 Å². The van der Waals surface area contributed by atoms with Crippen molar-refractivity contribution >= 4 is 23.1 Å². The number of nitrogens with zero attached hydrogens (tertiary/aromatic N) is 2. The predicted molar refractivity (Wildman–Crippen MR) is 75.3 cm³/mol. The highest BCUT2D eigenvalue weighted by molar-refractivity contribution is 7.99. The second kappa shape index (κ2) is 5.27. The van der Waals surface area contributed by atoms with Crippen molar-refractivity contribution < 1.29 is 4.92 Å². The number of para-hydroxylation sites is 1. The quantitative estimate of drug-likeness (QED) is 0.527. The summed E-state index contributed by atoms with van der Waals surface area (Å²) in [4.78, 5) is 15.5. The van der Waals surface area contributed by atoms with Crippen LogP contribution >= 0.6 is 11.8 Å². The van der Waals surface area contributed by atoms with Gasteiger partial charge in [0.1, 0.15) is 10.7 Å². The lowest BCUT2D eigenvalue weighted by molar-refractivity contribution is -0.386. The molecule has 0 saturated heterocycles. The summed E-state index contributed by atoms with van der Waals surface area (Å²) in [6, 6.07) is 8.76. The van der Waals surface area contributed by atoms with E-state index in [1.165, 1.54) is 17.8 Å². The molecule has 0 spiro atoms. The molecule has 2 N–H and O–H groups in total. The van der Waals surface area contributed by atoms with Crippen LogP contribution in [0.3, 0.4) is 0 Å². The Labute approximate surface area is 115 Å². The summed E-state index contributed by atoms with van der Waals surface area (Å²) in [5.41, 5.74) is 7.72. The van der Waals surface area contributed by atoms with Crippen molar-refractivity contribution in [3.8, 4) is 0 Å². The van der Waals surface area contributed by atoms with Crippen LogP contribution in [0.15, 0.2) is 40.3 Å². The Balaban J connectivity index is 2.43. The van der Waals surface area contributed by atoms with Crippen molar-refractivity contribution in [3.05, 3.63) is 51.7 Å². The van der Waals surface area contributed by atoms with Crippen LogP contribution in [0.5, 0.6) is 0 Å². The maximum atomic E-state index is 11.1. The smallest absolute Gasteiger partial charge is 0.305 e. The van der Waals surface area contributed by atoms with Crippen molar-refractivity contribution in [3.63, 3.8) is 0 Å². The number of pyridine rings is 1. The van der Waals surface area contributed by atoms with Gasteiger partial charge in [-0.2, -0.15) is 0 Å². The number of nitrogens with two attached hydrogens (primary N) is 1. The Hall–Kier alpha value is -2.08. The van der Waals surface area contributed by atoms with Gasteiger partial charge in [0.05, 0.1) is 9.82 Å². The van der Waals surface area contributed by atoms with Crippen LogP contribution in [0.2, 0.25) is 0 Å². The lowest BCUT2D eigenvalue weighted by Crippen LogP contribution is -1.97. The molecule has 2 aromatic rings. The Bertz CT molecular complexity index is 624. The first-order valence-electron chi connectivity index (χ1n) is 5.63. The third-order valence-corrected chi connectivity index (χ3v) is 3.47. The standard InChI is InChI=1S/C13H13N3O2S/c1-8-6-9(2)15-12(7-8)19-11-5-3-4-10(14)13(11)16(17)18/h3-7H,14H2,1-2H3. The van der Waals surface area contributed by atoms with Gasteiger partial charge in [0.15, 0.2) is 0 Å². The Kier molecular flexibility index (Phi) is 3.71. The van der Waals surface area contributed by atoms with Crippen molar-refractivity contribution in [1.29, 1.82) is 0 Å². The van der Waals surface area contributed by atoms with Gasteiger partial charge in [-0.15, -0.1) is 0 Å². The third kappa shape index (κ3) is 3.03. The van der Waals surface area contributed by atoms with E-state index in [0.29, 0.717) is 4.90 Å². The lowest BCUT2D eigenvalue weighted by Gasteiger charge is -2.06. The first kappa shape index (κ1) is 13.4. The molecule has 19 heavy (non-hydrogen) atoms. The molecular formula is C13H13N3O2S. The van der Waals surface area contributed by atoms with Crippen molar-refractivity contribution in [1.82, 2.24) is 4.98 Å². The first-order chi connectivity index (χ1) is 8.97. The van der Waals surface area contributed by atoms with Gasteiger partial charge in [0.25, 0.3) is 0 Å². The van der Waals surface area contributed by atoms with Gasteiger partial charge in [0.2, 0.25) is 0 Å². The average Bonchev–Trinajstić information content (AvgIpc) is 2.26. The number of hydrogen-bond donors (Lipinski definition) is 1. The molecular weight excluding hydrogens is 262 g/mol. The van der Waals surface area contributed by atoms with E-state index in [1.807, 2.05) is 26.0 Å². The van der Waals surface area contributed by atoms with Crippen LogP contribution in [0.4, 0.5) is 11.4 Å². The van der Waals surface area contributed by atoms with Gasteiger partial charge in [-0.05, 0) is 43.7 Å². The van der Waals surface area contributed by atoms with Crippen LogP contribution in [0.1, 0.15) is 11.3 Å². The molecule has 1 aromatic carbocycles. The summed E-state index contributed by atoms with van der Waals surface area (Å²) in [5.74, 6) is 0. The fraction of sp³-hybridized carbons (Fsp3) is 0.154. The van der Waals surface area contributed by atoms with Gasteiger partial charge in [-0.25, -0.2) is 4.98 Å². The molecule has 98 valence electrons. The summed E-state index contributed by atoms with van der Waals surface area (Å²) in [5, 5.41) is 11.8. The molecule has 0 atom stereocenters. The number of hydrogen-bond acceptors (Lipinski definition) is 5. The third-order valence-electron chi connectivity index (χ3n) is 2.50. The van der Waals surface area contributed by atoms with Crippen molar-refractivity contribution in [2.75, 3.05) is 5.73 Å². The maximum Gasteiger partial charge on any atom is 0.305 e. The molecule has 0 aliphatic heterocycles. The summed E-state index contributed by atoms with van der Waals surface area (Å²) in [6.07, 6.45) is 0. The minimum absolute atomic E-state index is 0.0616. The summed E-state index contributed by atoms with van der Waals surface area (Å²) < 4.78 is 0. The molecule has 2 rings (SSSR count). The second-order valence-electron chi connectivity index (χ2n) is 4.18. The van der Waals surface area contributed by atoms with Crippen LogP contribution in [-0.2, 0) is 0 Å². The van der Waals surface area contributed by atoms with Gasteiger partial charge >= 0.3 is 5.69 Å². The van der Waals surface area contributed by atoms with E-state index < -0.39 is 4.92 Å². The molecule has 0 aliphatic rings. The zero-order valence-electron chi connectivity index (χ0n) is 10.6.